The first-order valence-corrected chi connectivity index (χ1v) is 5.85. The number of carbonyl (C=O) groups is 1. The highest BCUT2D eigenvalue weighted by Gasteiger charge is 2.13. The summed E-state index contributed by atoms with van der Waals surface area (Å²) in [5.74, 6) is -0.962. The zero-order valence-electron chi connectivity index (χ0n) is 8.96. The first-order valence-electron chi connectivity index (χ1n) is 5.03. The third-order valence-electron chi connectivity index (χ3n) is 2.24. The molecule has 0 bridgehead atoms. The molecule has 0 aliphatic carbocycles. The minimum atomic E-state index is -0.962. The van der Waals surface area contributed by atoms with Gasteiger partial charge in [-0.25, -0.2) is 4.79 Å². The normalized spacial score (nSPS) is 10.1. The van der Waals surface area contributed by atoms with Crippen LogP contribution in [0, 0.1) is 0 Å². The highest BCUT2D eigenvalue weighted by atomic mass is 32.2. The minimum Gasteiger partial charge on any atom is -0.478 e. The molecule has 0 aliphatic rings. The molecular formula is C13H11NO2S. The number of carboxylic acid groups (broad SMARTS) is 1. The third kappa shape index (κ3) is 2.60. The monoisotopic (exact) mass is 245 g/mol. The van der Waals surface area contributed by atoms with E-state index >= 15 is 0 Å². The third-order valence-corrected chi connectivity index (χ3v) is 3.41. The summed E-state index contributed by atoms with van der Waals surface area (Å²) >= 11 is 1.36. The van der Waals surface area contributed by atoms with Crippen LogP contribution in [0.2, 0.25) is 0 Å². The van der Waals surface area contributed by atoms with Gasteiger partial charge in [-0.2, -0.15) is 0 Å². The molecule has 0 saturated heterocycles. The Kier molecular flexibility index (Phi) is 3.35. The molecule has 0 amide bonds. The largest absolute Gasteiger partial charge is 0.478 e. The van der Waals surface area contributed by atoms with Gasteiger partial charge < -0.3 is 10.8 Å². The van der Waals surface area contributed by atoms with Crippen molar-refractivity contribution in [2.45, 2.75) is 9.79 Å². The molecule has 3 nitrogen and oxygen atoms in total. The molecule has 4 heteroatoms. The zero-order valence-corrected chi connectivity index (χ0v) is 9.78. The second-order valence-corrected chi connectivity index (χ2v) is 4.53. The molecule has 86 valence electrons. The molecule has 2 aromatic rings. The summed E-state index contributed by atoms with van der Waals surface area (Å²) in [7, 11) is 0. The summed E-state index contributed by atoms with van der Waals surface area (Å²) in [5, 5.41) is 9.10. The summed E-state index contributed by atoms with van der Waals surface area (Å²) in [6.45, 7) is 0. The molecule has 0 spiro atoms. The maximum atomic E-state index is 11.1. The molecule has 0 unspecified atom stereocenters. The SMILES string of the molecule is Nc1cccc(C(=O)O)c1Sc1ccccc1. The highest BCUT2D eigenvalue weighted by molar-refractivity contribution is 7.99. The number of hydrogen-bond donors (Lipinski definition) is 2. The maximum absolute atomic E-state index is 11.1. The molecular weight excluding hydrogens is 234 g/mol. The van der Waals surface area contributed by atoms with Gasteiger partial charge in [0.15, 0.2) is 0 Å². The summed E-state index contributed by atoms with van der Waals surface area (Å²) < 4.78 is 0. The Balaban J connectivity index is 2.41. The molecule has 0 aliphatic heterocycles. The Bertz CT molecular complexity index is 540. The highest BCUT2D eigenvalue weighted by Crippen LogP contribution is 2.34. The van der Waals surface area contributed by atoms with Crippen LogP contribution in [0.1, 0.15) is 10.4 Å². The van der Waals surface area contributed by atoms with Gasteiger partial charge in [0.1, 0.15) is 0 Å². The maximum Gasteiger partial charge on any atom is 0.336 e. The Hall–Kier alpha value is -1.94. The van der Waals surface area contributed by atoms with Crippen molar-refractivity contribution in [2.24, 2.45) is 0 Å². The van der Waals surface area contributed by atoms with Crippen molar-refractivity contribution < 1.29 is 9.90 Å². The quantitative estimate of drug-likeness (QED) is 0.815. The van der Waals surface area contributed by atoms with Crippen LogP contribution in [-0.2, 0) is 0 Å². The van der Waals surface area contributed by atoms with Gasteiger partial charge in [-0.1, -0.05) is 36.0 Å². The van der Waals surface area contributed by atoms with E-state index in [1.165, 1.54) is 11.8 Å². The Morgan fingerprint density at radius 3 is 2.41 bits per heavy atom. The van der Waals surface area contributed by atoms with E-state index in [9.17, 15) is 4.79 Å². The van der Waals surface area contributed by atoms with E-state index in [0.29, 0.717) is 10.6 Å². The van der Waals surface area contributed by atoms with E-state index in [1.807, 2.05) is 30.3 Å². The van der Waals surface area contributed by atoms with Gasteiger partial charge >= 0.3 is 5.97 Å². The number of carboxylic acids is 1. The van der Waals surface area contributed by atoms with Crippen LogP contribution in [0.4, 0.5) is 5.69 Å². The smallest absolute Gasteiger partial charge is 0.336 e. The molecule has 2 aromatic carbocycles. The fourth-order valence-electron chi connectivity index (χ4n) is 1.44. The lowest BCUT2D eigenvalue weighted by Gasteiger charge is -2.08. The van der Waals surface area contributed by atoms with Crippen molar-refractivity contribution in [2.75, 3.05) is 5.73 Å². The van der Waals surface area contributed by atoms with Gasteiger partial charge in [0, 0.05) is 15.5 Å². The van der Waals surface area contributed by atoms with Gasteiger partial charge in [0.25, 0.3) is 0 Å². The number of hydrogen-bond acceptors (Lipinski definition) is 3. The van der Waals surface area contributed by atoms with E-state index in [-0.39, 0.29) is 5.56 Å². The first-order chi connectivity index (χ1) is 8.18. The van der Waals surface area contributed by atoms with Crippen LogP contribution < -0.4 is 5.73 Å². The number of nitrogens with two attached hydrogens (primary N) is 1. The second kappa shape index (κ2) is 4.93. The number of nitrogen functional groups attached to an aromatic ring is 1. The van der Waals surface area contributed by atoms with Crippen molar-refractivity contribution in [3.8, 4) is 0 Å². The van der Waals surface area contributed by atoms with Gasteiger partial charge in [0.05, 0.1) is 5.56 Å². The van der Waals surface area contributed by atoms with Crippen LogP contribution in [0.5, 0.6) is 0 Å². The van der Waals surface area contributed by atoms with Gasteiger partial charge in [0.2, 0.25) is 0 Å². The molecule has 0 fully saturated rings. The van der Waals surface area contributed by atoms with E-state index < -0.39 is 5.97 Å². The molecule has 0 aromatic heterocycles. The second-order valence-electron chi connectivity index (χ2n) is 3.44. The van der Waals surface area contributed by atoms with E-state index in [1.54, 1.807) is 18.2 Å². The van der Waals surface area contributed by atoms with Gasteiger partial charge in [-0.05, 0) is 24.3 Å². The fraction of sp³-hybridized carbons (Fsp3) is 0. The molecule has 0 radical (unpaired) electrons. The summed E-state index contributed by atoms with van der Waals surface area (Å²) in [6.07, 6.45) is 0. The van der Waals surface area contributed by atoms with Crippen LogP contribution in [0.25, 0.3) is 0 Å². The molecule has 17 heavy (non-hydrogen) atoms. The van der Waals surface area contributed by atoms with Crippen molar-refractivity contribution in [3.05, 3.63) is 54.1 Å². The van der Waals surface area contributed by atoms with E-state index in [0.717, 1.165) is 4.90 Å². The molecule has 0 heterocycles. The predicted octanol–water partition coefficient (Wildman–Crippen LogP) is 3.12. The van der Waals surface area contributed by atoms with Crippen molar-refractivity contribution in [3.63, 3.8) is 0 Å². The molecule has 0 atom stereocenters. The fourth-order valence-corrected chi connectivity index (χ4v) is 2.42. The van der Waals surface area contributed by atoms with Crippen LogP contribution in [-0.4, -0.2) is 11.1 Å². The van der Waals surface area contributed by atoms with Crippen LogP contribution >= 0.6 is 11.8 Å². The Labute approximate surface area is 103 Å². The average molecular weight is 245 g/mol. The molecule has 0 saturated carbocycles. The Morgan fingerprint density at radius 1 is 1.06 bits per heavy atom. The Morgan fingerprint density at radius 2 is 1.76 bits per heavy atom. The van der Waals surface area contributed by atoms with Gasteiger partial charge in [-0.3, -0.25) is 0 Å². The summed E-state index contributed by atoms with van der Waals surface area (Å²) in [5.41, 5.74) is 6.54. The standard InChI is InChI=1S/C13H11NO2S/c14-11-8-4-7-10(13(15)16)12(11)17-9-5-2-1-3-6-9/h1-8H,14H2,(H,15,16). The zero-order chi connectivity index (χ0) is 12.3. The first kappa shape index (κ1) is 11.5. The van der Waals surface area contributed by atoms with E-state index in [2.05, 4.69) is 0 Å². The van der Waals surface area contributed by atoms with Gasteiger partial charge in [-0.15, -0.1) is 0 Å². The minimum absolute atomic E-state index is 0.235. The lowest BCUT2D eigenvalue weighted by molar-refractivity contribution is 0.0693. The topological polar surface area (TPSA) is 63.3 Å². The van der Waals surface area contributed by atoms with Crippen molar-refractivity contribution >= 4 is 23.4 Å². The van der Waals surface area contributed by atoms with E-state index in [4.69, 9.17) is 10.8 Å². The number of rotatable bonds is 3. The summed E-state index contributed by atoms with van der Waals surface area (Å²) in [4.78, 5) is 12.7. The molecule has 2 rings (SSSR count). The lowest BCUT2D eigenvalue weighted by atomic mass is 10.2. The van der Waals surface area contributed by atoms with Crippen LogP contribution in [0.15, 0.2) is 58.3 Å². The number of benzene rings is 2. The van der Waals surface area contributed by atoms with Crippen LogP contribution in [0.3, 0.4) is 0 Å². The molecule has 3 N–H and O–H groups in total. The average Bonchev–Trinajstić information content (AvgIpc) is 2.33. The number of anilines is 1. The summed E-state index contributed by atoms with van der Waals surface area (Å²) in [6, 6.07) is 14.5. The predicted molar refractivity (Wildman–Crippen MR) is 68.4 cm³/mol. The van der Waals surface area contributed by atoms with Crippen molar-refractivity contribution in [1.82, 2.24) is 0 Å². The lowest BCUT2D eigenvalue weighted by Crippen LogP contribution is -2.01. The van der Waals surface area contributed by atoms with Crippen molar-refractivity contribution in [1.29, 1.82) is 0 Å². The number of aromatic carboxylic acids is 1.